The Hall–Kier alpha value is -0.120. The molecule has 1 fully saturated rings. The molecule has 0 bridgehead atoms. The monoisotopic (exact) mass is 227 g/mol. The molecule has 0 saturated carbocycles. The minimum Gasteiger partial charge on any atom is -0.315 e. The van der Waals surface area contributed by atoms with Gasteiger partial charge in [-0.05, 0) is 19.0 Å². The maximum Gasteiger partial charge on any atom is 0.0240 e. The second kappa shape index (κ2) is 5.99. The minimum atomic E-state index is 0.344. The van der Waals surface area contributed by atoms with Crippen LogP contribution in [-0.2, 0) is 0 Å². The van der Waals surface area contributed by atoms with Gasteiger partial charge in [-0.1, -0.05) is 27.7 Å². The van der Waals surface area contributed by atoms with Crippen LogP contribution in [0.5, 0.6) is 0 Å². The summed E-state index contributed by atoms with van der Waals surface area (Å²) in [7, 11) is 2.08. The maximum atomic E-state index is 3.46. The lowest BCUT2D eigenvalue weighted by atomic mass is 9.86. The molecule has 1 aliphatic heterocycles. The third-order valence-electron chi connectivity index (χ3n) is 3.75. The van der Waals surface area contributed by atoms with Crippen LogP contribution in [0, 0.1) is 5.41 Å². The Morgan fingerprint density at radius 3 is 1.94 bits per heavy atom. The third-order valence-corrected chi connectivity index (χ3v) is 3.75. The van der Waals surface area contributed by atoms with Gasteiger partial charge in [0.05, 0.1) is 0 Å². The molecule has 1 unspecified atom stereocenters. The molecule has 0 aliphatic carbocycles. The van der Waals surface area contributed by atoms with E-state index in [1.807, 2.05) is 0 Å². The molecule has 0 amide bonds. The van der Waals surface area contributed by atoms with Gasteiger partial charge < -0.3 is 10.2 Å². The molecular weight excluding hydrogens is 198 g/mol. The van der Waals surface area contributed by atoms with Crippen molar-refractivity contribution in [2.45, 2.75) is 33.7 Å². The van der Waals surface area contributed by atoms with E-state index in [0.29, 0.717) is 11.5 Å². The Balaban J connectivity index is 2.37. The first kappa shape index (κ1) is 13.9. The zero-order valence-corrected chi connectivity index (χ0v) is 11.7. The smallest absolute Gasteiger partial charge is 0.0240 e. The number of nitrogens with one attached hydrogen (secondary N) is 1. The van der Waals surface area contributed by atoms with Crippen molar-refractivity contribution >= 4 is 0 Å². The fourth-order valence-electron chi connectivity index (χ4n) is 2.34. The molecule has 1 saturated heterocycles. The van der Waals surface area contributed by atoms with E-state index < -0.39 is 0 Å². The van der Waals surface area contributed by atoms with Crippen molar-refractivity contribution in [2.24, 2.45) is 5.41 Å². The predicted molar refractivity (Wildman–Crippen MR) is 70.9 cm³/mol. The highest BCUT2D eigenvalue weighted by Gasteiger charge is 2.26. The molecule has 1 rings (SSSR count). The molecule has 1 aliphatic rings. The van der Waals surface area contributed by atoms with Gasteiger partial charge in [-0.25, -0.2) is 0 Å². The zero-order valence-electron chi connectivity index (χ0n) is 11.7. The molecule has 1 heterocycles. The molecular formula is C13H29N3. The van der Waals surface area contributed by atoms with Crippen LogP contribution in [0.4, 0.5) is 0 Å². The molecule has 0 aromatic heterocycles. The molecule has 16 heavy (non-hydrogen) atoms. The van der Waals surface area contributed by atoms with Gasteiger partial charge in [0.25, 0.3) is 0 Å². The molecule has 0 radical (unpaired) electrons. The van der Waals surface area contributed by atoms with Crippen LogP contribution >= 0.6 is 0 Å². The molecule has 0 aromatic rings. The first-order valence-corrected chi connectivity index (χ1v) is 6.59. The van der Waals surface area contributed by atoms with Crippen molar-refractivity contribution < 1.29 is 0 Å². The van der Waals surface area contributed by atoms with Crippen LogP contribution in [0.3, 0.4) is 0 Å². The quantitative estimate of drug-likeness (QED) is 0.780. The van der Waals surface area contributed by atoms with Crippen LogP contribution in [0.15, 0.2) is 0 Å². The molecule has 1 N–H and O–H groups in total. The Labute approximate surface area is 101 Å². The lowest BCUT2D eigenvalue weighted by molar-refractivity contribution is 0.108. The highest BCUT2D eigenvalue weighted by molar-refractivity contribution is 4.84. The lowest BCUT2D eigenvalue weighted by Gasteiger charge is -2.39. The topological polar surface area (TPSA) is 18.5 Å². The highest BCUT2D eigenvalue weighted by Crippen LogP contribution is 2.20. The highest BCUT2D eigenvalue weighted by atomic mass is 15.3. The standard InChI is InChI=1S/C13H29N3/c1-6-15-7-9-16(10-8-15)11-12(14-5)13(2,3)4/h12,14H,6-11H2,1-5H3. The SMILES string of the molecule is CCN1CCN(CC(NC)C(C)(C)C)CC1. The van der Waals surface area contributed by atoms with Gasteiger partial charge in [-0.2, -0.15) is 0 Å². The lowest BCUT2D eigenvalue weighted by Crippen LogP contribution is -2.53. The van der Waals surface area contributed by atoms with E-state index in [-0.39, 0.29) is 0 Å². The minimum absolute atomic E-state index is 0.344. The van der Waals surface area contributed by atoms with Gasteiger partial charge in [0.15, 0.2) is 0 Å². The second-order valence-corrected chi connectivity index (χ2v) is 5.94. The Kier molecular flexibility index (Phi) is 5.22. The van der Waals surface area contributed by atoms with E-state index in [9.17, 15) is 0 Å². The van der Waals surface area contributed by atoms with E-state index in [1.54, 1.807) is 0 Å². The number of nitrogens with zero attached hydrogens (tertiary/aromatic N) is 2. The van der Waals surface area contributed by atoms with Crippen LogP contribution in [0.1, 0.15) is 27.7 Å². The third kappa shape index (κ3) is 4.04. The molecule has 0 spiro atoms. The van der Waals surface area contributed by atoms with Gasteiger partial charge in [-0.15, -0.1) is 0 Å². The Bertz CT molecular complexity index is 190. The molecule has 0 aromatic carbocycles. The number of piperazine rings is 1. The van der Waals surface area contributed by atoms with E-state index in [2.05, 4.69) is 49.9 Å². The summed E-state index contributed by atoms with van der Waals surface area (Å²) in [5.41, 5.74) is 0.344. The van der Waals surface area contributed by atoms with Crippen molar-refractivity contribution in [1.29, 1.82) is 0 Å². The average molecular weight is 227 g/mol. The van der Waals surface area contributed by atoms with Crippen LogP contribution < -0.4 is 5.32 Å². The maximum absolute atomic E-state index is 3.46. The summed E-state index contributed by atoms with van der Waals surface area (Å²) in [6, 6.07) is 0.584. The molecule has 3 nitrogen and oxygen atoms in total. The van der Waals surface area contributed by atoms with Gasteiger partial charge in [0, 0.05) is 38.8 Å². The van der Waals surface area contributed by atoms with Crippen molar-refractivity contribution in [3.8, 4) is 0 Å². The van der Waals surface area contributed by atoms with Crippen LogP contribution in [0.25, 0.3) is 0 Å². The summed E-state index contributed by atoms with van der Waals surface area (Å²) in [5, 5.41) is 3.46. The summed E-state index contributed by atoms with van der Waals surface area (Å²) in [6.45, 7) is 16.5. The summed E-state index contributed by atoms with van der Waals surface area (Å²) >= 11 is 0. The van der Waals surface area contributed by atoms with Crippen molar-refractivity contribution in [3.05, 3.63) is 0 Å². The number of rotatable bonds is 4. The van der Waals surface area contributed by atoms with E-state index in [0.717, 1.165) is 0 Å². The summed E-state index contributed by atoms with van der Waals surface area (Å²) in [4.78, 5) is 5.13. The van der Waals surface area contributed by atoms with E-state index in [4.69, 9.17) is 0 Å². The Morgan fingerprint density at radius 1 is 1.06 bits per heavy atom. The summed E-state index contributed by atoms with van der Waals surface area (Å²) in [6.07, 6.45) is 0. The molecule has 96 valence electrons. The average Bonchev–Trinajstić information content (AvgIpc) is 2.25. The first-order chi connectivity index (χ1) is 7.47. The van der Waals surface area contributed by atoms with Crippen molar-refractivity contribution in [1.82, 2.24) is 15.1 Å². The van der Waals surface area contributed by atoms with Gasteiger partial charge in [0.1, 0.15) is 0 Å². The predicted octanol–water partition coefficient (Wildman–Crippen LogP) is 1.26. The fourth-order valence-corrected chi connectivity index (χ4v) is 2.34. The van der Waals surface area contributed by atoms with Gasteiger partial charge in [-0.3, -0.25) is 4.90 Å². The first-order valence-electron chi connectivity index (χ1n) is 6.59. The van der Waals surface area contributed by atoms with Gasteiger partial charge >= 0.3 is 0 Å². The molecule has 3 heteroatoms. The van der Waals surface area contributed by atoms with Gasteiger partial charge in [0.2, 0.25) is 0 Å². The largest absolute Gasteiger partial charge is 0.315 e. The van der Waals surface area contributed by atoms with Crippen LogP contribution in [0.2, 0.25) is 0 Å². The molecule has 1 atom stereocenters. The second-order valence-electron chi connectivity index (χ2n) is 5.94. The summed E-state index contributed by atoms with van der Waals surface area (Å²) < 4.78 is 0. The number of hydrogen-bond donors (Lipinski definition) is 1. The Morgan fingerprint density at radius 2 is 1.56 bits per heavy atom. The number of hydrogen-bond acceptors (Lipinski definition) is 3. The van der Waals surface area contributed by atoms with Crippen molar-refractivity contribution in [3.63, 3.8) is 0 Å². The fraction of sp³-hybridized carbons (Fsp3) is 1.00. The summed E-state index contributed by atoms with van der Waals surface area (Å²) in [5.74, 6) is 0. The number of likely N-dealkylation sites (N-methyl/N-ethyl adjacent to an activating group) is 2. The van der Waals surface area contributed by atoms with Crippen molar-refractivity contribution in [2.75, 3.05) is 46.3 Å². The van der Waals surface area contributed by atoms with E-state index >= 15 is 0 Å². The zero-order chi connectivity index (χ0) is 12.2. The van der Waals surface area contributed by atoms with Crippen LogP contribution in [-0.4, -0.2) is 62.2 Å². The normalized spacial score (nSPS) is 22.3. The van der Waals surface area contributed by atoms with E-state index in [1.165, 1.54) is 39.3 Å².